The maximum atomic E-state index is 9.75. The molecule has 4 rings (SSSR count). The lowest BCUT2D eigenvalue weighted by molar-refractivity contribution is 1.02. The average Bonchev–Trinajstić information content (AvgIpc) is 3.10. The molecule has 0 fully saturated rings. The molecule has 102 valence electrons. The number of thioether (sulfide) groups is 1. The maximum absolute atomic E-state index is 9.75. The topological polar surface area (TPSA) is 28.7 Å². The van der Waals surface area contributed by atoms with Gasteiger partial charge < -0.3 is 4.57 Å². The monoisotopic (exact) mass is 308 g/mol. The molecule has 4 aromatic rings. The van der Waals surface area contributed by atoms with E-state index in [-0.39, 0.29) is 0 Å². The number of aromatic nitrogens is 1. The highest BCUT2D eigenvalue weighted by Gasteiger charge is 2.20. The summed E-state index contributed by atoms with van der Waals surface area (Å²) in [4.78, 5) is 1.10. The number of aryl methyl sites for hydroxylation is 1. The normalized spacial score (nSPS) is 11.5. The third kappa shape index (κ3) is 1.53. The van der Waals surface area contributed by atoms with Crippen LogP contribution in [0.15, 0.2) is 40.6 Å². The van der Waals surface area contributed by atoms with Crippen molar-refractivity contribution in [1.82, 2.24) is 4.57 Å². The zero-order chi connectivity index (χ0) is 14.6. The minimum absolute atomic E-state index is 0.809. The number of para-hydroxylation sites is 1. The van der Waals surface area contributed by atoms with Crippen molar-refractivity contribution in [3.8, 4) is 6.07 Å². The van der Waals surface area contributed by atoms with Crippen LogP contribution in [0.4, 0.5) is 0 Å². The summed E-state index contributed by atoms with van der Waals surface area (Å²) >= 11 is 3.38. The molecule has 2 aromatic heterocycles. The summed E-state index contributed by atoms with van der Waals surface area (Å²) in [5.74, 6) is 0. The first-order valence-corrected chi connectivity index (χ1v) is 8.72. The fourth-order valence-electron chi connectivity index (χ4n) is 3.16. The van der Waals surface area contributed by atoms with E-state index in [9.17, 15) is 5.26 Å². The summed E-state index contributed by atoms with van der Waals surface area (Å²) in [5, 5.41) is 15.4. The maximum Gasteiger partial charge on any atom is 0.101 e. The van der Waals surface area contributed by atoms with Crippen molar-refractivity contribution < 1.29 is 0 Å². The van der Waals surface area contributed by atoms with Crippen LogP contribution in [-0.2, 0) is 7.05 Å². The molecule has 2 nitrogen and oxygen atoms in total. The highest BCUT2D eigenvalue weighted by Crippen LogP contribution is 2.43. The van der Waals surface area contributed by atoms with Crippen LogP contribution < -0.4 is 0 Å². The second kappa shape index (κ2) is 4.52. The highest BCUT2D eigenvalue weighted by atomic mass is 32.2. The van der Waals surface area contributed by atoms with E-state index >= 15 is 0 Å². The molecule has 2 aromatic carbocycles. The lowest BCUT2D eigenvalue weighted by Crippen LogP contribution is -1.89. The number of nitriles is 1. The molecular formula is C17H12N2S2. The Labute approximate surface area is 130 Å². The van der Waals surface area contributed by atoms with Crippen LogP contribution in [0.5, 0.6) is 0 Å². The Kier molecular flexibility index (Phi) is 2.75. The van der Waals surface area contributed by atoms with Crippen molar-refractivity contribution in [1.29, 1.82) is 5.26 Å². The average molecular weight is 308 g/mol. The second-order valence-corrected chi connectivity index (χ2v) is 6.72. The van der Waals surface area contributed by atoms with Gasteiger partial charge in [-0.05, 0) is 23.8 Å². The second-order valence-electron chi connectivity index (χ2n) is 4.98. The number of thiophene rings is 1. The SMILES string of the molecule is CSc1c(C#N)c2c3ccccc3n(C)c2c2ccsc12. The molecule has 0 amide bonds. The van der Waals surface area contributed by atoms with Crippen LogP contribution in [0.2, 0.25) is 0 Å². The Morgan fingerprint density at radius 1 is 1.19 bits per heavy atom. The van der Waals surface area contributed by atoms with Crippen molar-refractivity contribution in [2.75, 3.05) is 6.26 Å². The minimum atomic E-state index is 0.809. The third-order valence-corrected chi connectivity index (χ3v) is 5.90. The first kappa shape index (κ1) is 12.8. The smallest absolute Gasteiger partial charge is 0.101 e. The molecule has 0 N–H and O–H groups in total. The van der Waals surface area contributed by atoms with Gasteiger partial charge in [0.2, 0.25) is 0 Å². The zero-order valence-electron chi connectivity index (χ0n) is 11.7. The van der Waals surface area contributed by atoms with Gasteiger partial charge in [-0.25, -0.2) is 0 Å². The molecule has 0 saturated carbocycles. The van der Waals surface area contributed by atoms with Crippen LogP contribution in [-0.4, -0.2) is 10.8 Å². The highest BCUT2D eigenvalue weighted by molar-refractivity contribution is 7.99. The lowest BCUT2D eigenvalue weighted by Gasteiger charge is -2.07. The fourth-order valence-corrected chi connectivity index (χ4v) is 5.04. The van der Waals surface area contributed by atoms with Gasteiger partial charge >= 0.3 is 0 Å². The van der Waals surface area contributed by atoms with E-state index in [2.05, 4.69) is 41.3 Å². The van der Waals surface area contributed by atoms with E-state index < -0.39 is 0 Å². The molecule has 0 radical (unpaired) electrons. The fraction of sp³-hybridized carbons (Fsp3) is 0.118. The Bertz CT molecular complexity index is 1050. The van der Waals surface area contributed by atoms with Gasteiger partial charge in [0.05, 0.1) is 15.8 Å². The van der Waals surface area contributed by atoms with Gasteiger partial charge in [-0.2, -0.15) is 5.26 Å². The quantitative estimate of drug-likeness (QED) is 0.456. The van der Waals surface area contributed by atoms with Crippen molar-refractivity contribution in [3.05, 3.63) is 41.3 Å². The Balaban J connectivity index is 2.45. The molecule has 2 heterocycles. The summed E-state index contributed by atoms with van der Waals surface area (Å²) in [7, 11) is 2.09. The summed E-state index contributed by atoms with van der Waals surface area (Å²) in [6.45, 7) is 0. The van der Waals surface area contributed by atoms with Crippen LogP contribution >= 0.6 is 23.1 Å². The van der Waals surface area contributed by atoms with E-state index in [1.807, 2.05) is 18.4 Å². The van der Waals surface area contributed by atoms with Crippen LogP contribution in [0.25, 0.3) is 31.9 Å². The molecular weight excluding hydrogens is 296 g/mol. The lowest BCUT2D eigenvalue weighted by atomic mass is 10.0. The number of hydrogen-bond acceptors (Lipinski definition) is 3. The predicted molar refractivity (Wildman–Crippen MR) is 92.3 cm³/mol. The molecule has 0 atom stereocenters. The predicted octanol–water partition coefficient (Wildman–Crippen LogP) is 5.14. The molecule has 21 heavy (non-hydrogen) atoms. The number of benzene rings is 2. The first-order chi connectivity index (χ1) is 10.3. The van der Waals surface area contributed by atoms with Gasteiger partial charge in [0.25, 0.3) is 0 Å². The molecule has 0 aliphatic carbocycles. The van der Waals surface area contributed by atoms with Gasteiger partial charge in [-0.3, -0.25) is 0 Å². The van der Waals surface area contributed by atoms with Crippen molar-refractivity contribution >= 4 is 55.0 Å². The minimum Gasteiger partial charge on any atom is -0.343 e. The molecule has 0 aliphatic heterocycles. The van der Waals surface area contributed by atoms with Crippen LogP contribution in [0.1, 0.15) is 5.56 Å². The molecule has 0 saturated heterocycles. The molecule has 0 aliphatic rings. The third-order valence-electron chi connectivity index (χ3n) is 4.03. The number of hydrogen-bond donors (Lipinski definition) is 0. The molecule has 0 spiro atoms. The van der Waals surface area contributed by atoms with E-state index in [0.29, 0.717) is 0 Å². The van der Waals surface area contributed by atoms with Crippen molar-refractivity contribution in [2.45, 2.75) is 4.90 Å². The summed E-state index contributed by atoms with van der Waals surface area (Å²) in [5.41, 5.74) is 3.15. The first-order valence-electron chi connectivity index (χ1n) is 6.62. The van der Waals surface area contributed by atoms with Gasteiger partial charge in [0.1, 0.15) is 6.07 Å². The standard InChI is InChI=1S/C17H12N2S2/c1-19-13-6-4-3-5-10(13)14-12(9-18)16(20-2)17-11(15(14)19)7-8-21-17/h3-8H,1-2H3. The van der Waals surface area contributed by atoms with E-state index in [1.54, 1.807) is 23.1 Å². The Morgan fingerprint density at radius 2 is 2.00 bits per heavy atom. The molecule has 0 unspecified atom stereocenters. The van der Waals surface area contributed by atoms with Gasteiger partial charge in [0, 0.05) is 33.6 Å². The summed E-state index contributed by atoms with van der Waals surface area (Å²) in [6, 6.07) is 12.9. The van der Waals surface area contributed by atoms with Crippen molar-refractivity contribution in [2.24, 2.45) is 7.05 Å². The summed E-state index contributed by atoms with van der Waals surface area (Å²) < 4.78 is 3.43. The zero-order valence-corrected chi connectivity index (χ0v) is 13.3. The van der Waals surface area contributed by atoms with Gasteiger partial charge in [0.15, 0.2) is 0 Å². The van der Waals surface area contributed by atoms with E-state index in [1.165, 1.54) is 21.1 Å². The number of fused-ring (bicyclic) bond motifs is 5. The number of rotatable bonds is 1. The van der Waals surface area contributed by atoms with Crippen LogP contribution in [0.3, 0.4) is 0 Å². The Hall–Kier alpha value is -1.96. The number of nitrogens with zero attached hydrogens (tertiary/aromatic N) is 2. The van der Waals surface area contributed by atoms with Crippen LogP contribution in [0, 0.1) is 11.3 Å². The summed E-state index contributed by atoms with van der Waals surface area (Å²) in [6.07, 6.45) is 2.05. The van der Waals surface area contributed by atoms with E-state index in [0.717, 1.165) is 21.2 Å². The van der Waals surface area contributed by atoms with E-state index in [4.69, 9.17) is 0 Å². The Morgan fingerprint density at radius 3 is 2.76 bits per heavy atom. The molecule has 0 bridgehead atoms. The molecule has 4 heteroatoms. The van der Waals surface area contributed by atoms with Crippen molar-refractivity contribution in [3.63, 3.8) is 0 Å². The van der Waals surface area contributed by atoms with Gasteiger partial charge in [-0.15, -0.1) is 23.1 Å². The van der Waals surface area contributed by atoms with Gasteiger partial charge in [-0.1, -0.05) is 18.2 Å². The largest absolute Gasteiger partial charge is 0.343 e.